The van der Waals surface area contributed by atoms with Crippen LogP contribution in [0.25, 0.3) is 11.1 Å². The monoisotopic (exact) mass is 663 g/mol. The molecule has 1 atom stereocenters. The summed E-state index contributed by atoms with van der Waals surface area (Å²) in [5.74, 6) is -0.0156. The van der Waals surface area contributed by atoms with Gasteiger partial charge in [0, 0.05) is 53.1 Å². The van der Waals surface area contributed by atoms with Crippen molar-refractivity contribution in [3.05, 3.63) is 89.5 Å². The van der Waals surface area contributed by atoms with Gasteiger partial charge in [0.2, 0.25) is 0 Å². The van der Waals surface area contributed by atoms with E-state index in [0.717, 1.165) is 33.7 Å². The Morgan fingerprint density at radius 1 is 0.846 bits per heavy atom. The molecule has 0 saturated carbocycles. The molecule has 0 saturated heterocycles. The fourth-order valence-corrected chi connectivity index (χ4v) is 4.15. The minimum atomic E-state index is -4.30. The number of hydrogen-bond donors (Lipinski definition) is 3. The van der Waals surface area contributed by atoms with E-state index >= 15 is 0 Å². The molecular formula is C28H27F5INO4. The molecule has 0 spiro atoms. The topological polar surface area (TPSA) is 78.8 Å². The summed E-state index contributed by atoms with van der Waals surface area (Å²) in [5.41, 5.74) is 2.24. The Balaban J connectivity index is 1.72. The summed E-state index contributed by atoms with van der Waals surface area (Å²) in [6.07, 6.45) is -7.63. The van der Waals surface area contributed by atoms with Gasteiger partial charge in [0.05, 0.1) is 0 Å². The normalized spacial score (nSPS) is 12.8. The number of carbonyl (C=O) groups is 1. The van der Waals surface area contributed by atoms with Gasteiger partial charge in [-0.15, -0.1) is 0 Å². The van der Waals surface area contributed by atoms with Crippen LogP contribution in [0, 0.1) is 0 Å². The molecule has 0 fully saturated rings. The van der Waals surface area contributed by atoms with E-state index in [1.807, 2.05) is 0 Å². The Bertz CT molecular complexity index is 1200. The van der Waals surface area contributed by atoms with Crippen LogP contribution >= 0.6 is 22.6 Å². The van der Waals surface area contributed by atoms with Crippen molar-refractivity contribution in [2.45, 2.75) is 48.2 Å². The Hall–Kier alpha value is -2.77. The van der Waals surface area contributed by atoms with E-state index in [4.69, 9.17) is 14.9 Å². The number of alkyl halides is 6. The minimum absolute atomic E-state index is 0.0303. The molecule has 210 valence electrons. The van der Waals surface area contributed by atoms with Crippen LogP contribution < -0.4 is 10.1 Å². The summed E-state index contributed by atoms with van der Waals surface area (Å²) in [5, 5.41) is 20.3. The molecule has 5 nitrogen and oxygen atoms in total. The highest BCUT2D eigenvalue weighted by atomic mass is 127. The van der Waals surface area contributed by atoms with Crippen LogP contribution in [-0.4, -0.2) is 35.1 Å². The fourth-order valence-electron chi connectivity index (χ4n) is 3.79. The minimum Gasteiger partial charge on any atom is -0.486 e. The number of aliphatic hydroxyl groups is 2. The lowest BCUT2D eigenvalue weighted by molar-refractivity contribution is -0.136. The number of hydrogen-bond acceptors (Lipinski definition) is 4. The van der Waals surface area contributed by atoms with E-state index in [-0.39, 0.29) is 31.4 Å². The first-order valence-corrected chi connectivity index (χ1v) is 13.1. The van der Waals surface area contributed by atoms with Crippen molar-refractivity contribution in [2.75, 3.05) is 6.54 Å². The van der Waals surface area contributed by atoms with Crippen molar-refractivity contribution < 1.29 is 41.7 Å². The predicted molar refractivity (Wildman–Crippen MR) is 145 cm³/mol. The summed E-state index contributed by atoms with van der Waals surface area (Å²) in [6, 6.07) is 18.9. The van der Waals surface area contributed by atoms with Crippen molar-refractivity contribution in [3.8, 4) is 16.9 Å². The first-order valence-electron chi connectivity index (χ1n) is 12.1. The van der Waals surface area contributed by atoms with Gasteiger partial charge < -0.3 is 20.3 Å². The van der Waals surface area contributed by atoms with Crippen LogP contribution in [0.5, 0.6) is 5.75 Å². The zero-order chi connectivity index (χ0) is 28.6. The number of nitrogens with one attached hydrogen (secondary N) is 1. The van der Waals surface area contributed by atoms with Crippen molar-refractivity contribution in [2.24, 2.45) is 0 Å². The number of aliphatic hydroxyl groups excluding tert-OH is 1. The smallest absolute Gasteiger partial charge is 0.389 e. The molecule has 0 radical (unpaired) electrons. The standard InChI is InChI=1S/C28H27F5INO4/c29-27(30,31)16-1-2-24(20-3-5-21(6-4-20)26(38)35-17-15-25(36)37)39-23-13-9-19(10-14-23)18-7-11-22(12-8-18)28(32,33)34/h3-14,24-25,36-37H,1-2,15-17H2,(H,35,38). The number of benzene rings is 3. The third-order valence-corrected chi connectivity index (χ3v) is 6.46. The molecule has 0 aromatic heterocycles. The van der Waals surface area contributed by atoms with E-state index in [1.165, 1.54) is 24.3 Å². The van der Waals surface area contributed by atoms with Crippen LogP contribution in [0.4, 0.5) is 22.0 Å². The predicted octanol–water partition coefficient (Wildman–Crippen LogP) is 7.12. The second-order valence-electron chi connectivity index (χ2n) is 8.86. The highest BCUT2D eigenvalue weighted by Gasteiger charge is 2.28. The highest BCUT2D eigenvalue weighted by molar-refractivity contribution is 14.1. The lowest BCUT2D eigenvalue weighted by Crippen LogP contribution is -2.27. The van der Waals surface area contributed by atoms with Gasteiger partial charge in [0.1, 0.15) is 11.9 Å². The molecule has 0 heterocycles. The average Bonchev–Trinajstić information content (AvgIpc) is 2.87. The van der Waals surface area contributed by atoms with Crippen molar-refractivity contribution in [1.29, 1.82) is 0 Å². The quantitative estimate of drug-likeness (QED) is 0.0835. The Kier molecular flexibility index (Phi) is 10.7. The SMILES string of the molecule is O=C(NCCC(O)O)c1ccc(C(CCCC(F)(F)F)Oc2ccc(-c3ccc(C(F)(F)I)cc3)cc2)cc1. The lowest BCUT2D eigenvalue weighted by atomic mass is 10.0. The molecule has 0 aliphatic heterocycles. The number of carbonyl (C=O) groups excluding carboxylic acids is 1. The van der Waals surface area contributed by atoms with Gasteiger partial charge in [-0.3, -0.25) is 4.79 Å². The Morgan fingerprint density at radius 3 is 1.92 bits per heavy atom. The molecule has 3 aromatic rings. The Morgan fingerprint density at radius 2 is 1.41 bits per heavy atom. The molecule has 1 amide bonds. The first kappa shape index (κ1) is 30.8. The third kappa shape index (κ3) is 10.0. The van der Waals surface area contributed by atoms with E-state index in [9.17, 15) is 26.7 Å². The van der Waals surface area contributed by atoms with Crippen LogP contribution in [0.15, 0.2) is 72.8 Å². The van der Waals surface area contributed by atoms with E-state index in [1.54, 1.807) is 48.5 Å². The zero-order valence-electron chi connectivity index (χ0n) is 20.6. The third-order valence-electron chi connectivity index (χ3n) is 5.84. The molecule has 0 bridgehead atoms. The van der Waals surface area contributed by atoms with E-state index in [0.29, 0.717) is 16.9 Å². The summed E-state index contributed by atoms with van der Waals surface area (Å²) in [7, 11) is 0. The van der Waals surface area contributed by atoms with E-state index < -0.39 is 34.8 Å². The molecule has 0 aliphatic rings. The molecule has 39 heavy (non-hydrogen) atoms. The largest absolute Gasteiger partial charge is 0.486 e. The maximum absolute atomic E-state index is 13.5. The fraction of sp³-hybridized carbons (Fsp3) is 0.321. The van der Waals surface area contributed by atoms with Gasteiger partial charge in [-0.2, -0.15) is 22.0 Å². The molecule has 3 rings (SSSR count). The van der Waals surface area contributed by atoms with E-state index in [2.05, 4.69) is 5.32 Å². The number of ether oxygens (including phenoxy) is 1. The molecule has 0 aliphatic carbocycles. The van der Waals surface area contributed by atoms with Crippen LogP contribution in [0.3, 0.4) is 0 Å². The summed E-state index contributed by atoms with van der Waals surface area (Å²) >= 11 is 1.07. The van der Waals surface area contributed by atoms with Gasteiger partial charge in [0.15, 0.2) is 6.29 Å². The summed E-state index contributed by atoms with van der Waals surface area (Å²) in [6.45, 7) is 0.0618. The van der Waals surface area contributed by atoms with Gasteiger partial charge in [-0.25, -0.2) is 0 Å². The van der Waals surface area contributed by atoms with Crippen molar-refractivity contribution in [1.82, 2.24) is 5.32 Å². The molecule has 3 aromatic carbocycles. The second kappa shape index (κ2) is 13.5. The first-order chi connectivity index (χ1) is 18.3. The van der Waals surface area contributed by atoms with Gasteiger partial charge in [0.25, 0.3) is 5.91 Å². The number of halogens is 6. The molecule has 1 unspecified atom stereocenters. The summed E-state index contributed by atoms with van der Waals surface area (Å²) < 4.78 is 68.3. The van der Waals surface area contributed by atoms with Crippen molar-refractivity contribution >= 4 is 28.5 Å². The Labute approximate surface area is 236 Å². The molecule has 3 N–H and O–H groups in total. The van der Waals surface area contributed by atoms with Crippen LogP contribution in [0.1, 0.15) is 53.3 Å². The van der Waals surface area contributed by atoms with Crippen LogP contribution in [0.2, 0.25) is 0 Å². The van der Waals surface area contributed by atoms with Crippen LogP contribution in [-0.2, 0) is 3.93 Å². The second-order valence-corrected chi connectivity index (χ2v) is 10.2. The lowest BCUT2D eigenvalue weighted by Gasteiger charge is -2.21. The maximum atomic E-state index is 13.5. The van der Waals surface area contributed by atoms with Gasteiger partial charge >= 0.3 is 10.1 Å². The number of amides is 1. The maximum Gasteiger partial charge on any atom is 0.389 e. The van der Waals surface area contributed by atoms with Crippen molar-refractivity contribution in [3.63, 3.8) is 0 Å². The van der Waals surface area contributed by atoms with Gasteiger partial charge in [-0.05, 0) is 53.8 Å². The summed E-state index contributed by atoms with van der Waals surface area (Å²) in [4.78, 5) is 12.2. The molecule has 11 heteroatoms. The highest BCUT2D eigenvalue weighted by Crippen LogP contribution is 2.36. The zero-order valence-corrected chi connectivity index (χ0v) is 22.8. The molecular weight excluding hydrogens is 636 g/mol. The number of rotatable bonds is 12. The van der Waals surface area contributed by atoms with Gasteiger partial charge in [-0.1, -0.05) is 48.5 Å². The average molecular weight is 663 g/mol.